The second-order valence-electron chi connectivity index (χ2n) is 12.5. The van der Waals surface area contributed by atoms with E-state index in [2.05, 4.69) is 6.92 Å². The molecule has 0 aromatic carbocycles. The van der Waals surface area contributed by atoms with Crippen LogP contribution in [0.4, 0.5) is 0 Å². The molecule has 0 spiro atoms. The zero-order chi connectivity index (χ0) is 29.5. The maximum Gasteiger partial charge on any atom is 0.306 e. The molecule has 1 aliphatic rings. The van der Waals surface area contributed by atoms with Crippen molar-refractivity contribution in [2.24, 2.45) is 0 Å². The van der Waals surface area contributed by atoms with Crippen LogP contribution in [0.1, 0.15) is 193 Å². The highest BCUT2D eigenvalue weighted by Gasteiger charge is 2.14. The Morgan fingerprint density at radius 3 is 1.54 bits per heavy atom. The summed E-state index contributed by atoms with van der Waals surface area (Å²) in [6.45, 7) is 2.83. The van der Waals surface area contributed by atoms with Gasteiger partial charge in [-0.25, -0.2) is 0 Å². The van der Waals surface area contributed by atoms with Gasteiger partial charge in [-0.2, -0.15) is 11.8 Å². The molecular weight excluding hydrogens is 528 g/mol. The number of carbonyl (C=O) groups is 2. The van der Waals surface area contributed by atoms with Crippen LogP contribution in [0, 0.1) is 0 Å². The van der Waals surface area contributed by atoms with E-state index in [0.29, 0.717) is 25.2 Å². The van der Waals surface area contributed by atoms with Crippen molar-refractivity contribution in [3.8, 4) is 0 Å². The maximum absolute atomic E-state index is 12.6. The zero-order valence-corrected chi connectivity index (χ0v) is 28.1. The monoisotopic (exact) mass is 596 g/mol. The molecule has 41 heavy (non-hydrogen) atoms. The van der Waals surface area contributed by atoms with Gasteiger partial charge in [-0.15, -0.1) is 0 Å². The molecule has 1 atom stereocenters. The number of unbranched alkanes of at least 4 members (excludes halogenated alkanes) is 9. The Labute approximate surface area is 259 Å². The molecule has 1 fully saturated rings. The first-order chi connectivity index (χ1) is 20.2. The lowest BCUT2D eigenvalue weighted by atomic mass is 10.0. The normalized spacial score (nSPS) is 21.4. The van der Waals surface area contributed by atoms with E-state index in [1.807, 2.05) is 0 Å². The van der Waals surface area contributed by atoms with Crippen molar-refractivity contribution in [3.05, 3.63) is 0 Å². The van der Waals surface area contributed by atoms with Crippen LogP contribution in [0.25, 0.3) is 0 Å². The van der Waals surface area contributed by atoms with E-state index in [1.165, 1.54) is 148 Å². The fraction of sp³-hybridized carbons (Fsp3) is 0.944. The molecule has 1 unspecified atom stereocenters. The molecule has 1 aliphatic heterocycles. The lowest BCUT2D eigenvalue weighted by molar-refractivity contribution is -0.149. The molecule has 0 bridgehead atoms. The van der Waals surface area contributed by atoms with Gasteiger partial charge in [0.2, 0.25) is 0 Å². The van der Waals surface area contributed by atoms with Crippen molar-refractivity contribution in [3.63, 3.8) is 0 Å². The molecule has 0 aliphatic carbocycles. The minimum atomic E-state index is -0.103. The summed E-state index contributed by atoms with van der Waals surface area (Å²) in [6.07, 6.45) is 35.8. The van der Waals surface area contributed by atoms with Gasteiger partial charge in [0.05, 0.1) is 19.4 Å². The Morgan fingerprint density at radius 2 is 1.00 bits per heavy atom. The summed E-state index contributed by atoms with van der Waals surface area (Å²) in [6, 6.07) is 0. The fourth-order valence-corrected chi connectivity index (χ4v) is 6.64. The van der Waals surface area contributed by atoms with Crippen molar-refractivity contribution < 1.29 is 19.1 Å². The van der Waals surface area contributed by atoms with Gasteiger partial charge < -0.3 is 9.47 Å². The quantitative estimate of drug-likeness (QED) is 0.175. The van der Waals surface area contributed by atoms with Crippen molar-refractivity contribution in [2.75, 3.05) is 18.1 Å². The predicted octanol–water partition coefficient (Wildman–Crippen LogP) is 11.5. The predicted molar refractivity (Wildman–Crippen MR) is 178 cm³/mol. The van der Waals surface area contributed by atoms with Gasteiger partial charge in [-0.3, -0.25) is 9.59 Å². The number of hydrogen-bond donors (Lipinski definition) is 0. The standard InChI is InChI=1S/C36H68O4S/c1-2-3-4-5-6-7-15-18-21-24-27-34-28-25-22-19-16-13-11-9-8-10-12-14-17-20-23-26-31-39-35(37)29-32-41-33-30-36(38)40-34/h34H,2-33H2,1H3. The molecule has 0 saturated carbocycles. The number of rotatable bonds is 11. The second-order valence-corrected chi connectivity index (χ2v) is 13.7. The lowest BCUT2D eigenvalue weighted by Crippen LogP contribution is -2.19. The van der Waals surface area contributed by atoms with Crippen LogP contribution in [0.2, 0.25) is 0 Å². The molecule has 0 aromatic heterocycles. The van der Waals surface area contributed by atoms with E-state index in [9.17, 15) is 9.59 Å². The average Bonchev–Trinajstić information content (AvgIpc) is 2.96. The Bertz CT molecular complexity index is 582. The molecule has 1 rings (SSSR count). The van der Waals surface area contributed by atoms with Crippen LogP contribution in [0.3, 0.4) is 0 Å². The summed E-state index contributed by atoms with van der Waals surface area (Å²) in [4.78, 5) is 24.6. The lowest BCUT2D eigenvalue weighted by Gasteiger charge is -2.18. The van der Waals surface area contributed by atoms with Crippen LogP contribution in [-0.2, 0) is 19.1 Å². The van der Waals surface area contributed by atoms with E-state index in [0.717, 1.165) is 31.4 Å². The van der Waals surface area contributed by atoms with Gasteiger partial charge in [0, 0.05) is 11.5 Å². The van der Waals surface area contributed by atoms with Crippen molar-refractivity contribution in [1.29, 1.82) is 0 Å². The van der Waals surface area contributed by atoms with Crippen molar-refractivity contribution in [2.45, 2.75) is 199 Å². The highest BCUT2D eigenvalue weighted by molar-refractivity contribution is 7.99. The number of cyclic esters (lactones) is 2. The summed E-state index contributed by atoms with van der Waals surface area (Å²) in [5, 5.41) is 0. The molecule has 0 N–H and O–H groups in total. The first-order valence-corrected chi connectivity index (χ1v) is 19.3. The smallest absolute Gasteiger partial charge is 0.306 e. The van der Waals surface area contributed by atoms with Crippen molar-refractivity contribution in [1.82, 2.24) is 0 Å². The van der Waals surface area contributed by atoms with Gasteiger partial charge in [-0.1, -0.05) is 148 Å². The molecule has 242 valence electrons. The average molecular weight is 597 g/mol. The Morgan fingerprint density at radius 1 is 0.561 bits per heavy atom. The van der Waals surface area contributed by atoms with E-state index in [-0.39, 0.29) is 18.0 Å². The van der Waals surface area contributed by atoms with Gasteiger partial charge in [0.15, 0.2) is 0 Å². The van der Waals surface area contributed by atoms with Crippen LogP contribution in [-0.4, -0.2) is 36.2 Å². The van der Waals surface area contributed by atoms with E-state index in [1.54, 1.807) is 11.8 Å². The van der Waals surface area contributed by atoms with Crippen LogP contribution >= 0.6 is 11.8 Å². The third-order valence-electron chi connectivity index (χ3n) is 8.51. The Kier molecular flexibility index (Phi) is 28.7. The first-order valence-electron chi connectivity index (χ1n) is 18.1. The highest BCUT2D eigenvalue weighted by Crippen LogP contribution is 2.19. The molecule has 0 aromatic rings. The zero-order valence-electron chi connectivity index (χ0n) is 27.2. The molecule has 0 amide bonds. The topological polar surface area (TPSA) is 52.6 Å². The first kappa shape index (κ1) is 38.3. The van der Waals surface area contributed by atoms with E-state index >= 15 is 0 Å². The third kappa shape index (κ3) is 27.9. The Balaban J connectivity index is 2.34. The minimum absolute atomic E-state index is 0.0606. The van der Waals surface area contributed by atoms with Crippen molar-refractivity contribution >= 4 is 23.7 Å². The molecule has 1 saturated heterocycles. The summed E-state index contributed by atoms with van der Waals surface area (Å²) in [5.74, 6) is 1.27. The van der Waals surface area contributed by atoms with Gasteiger partial charge >= 0.3 is 11.9 Å². The maximum atomic E-state index is 12.6. The number of hydrogen-bond acceptors (Lipinski definition) is 5. The van der Waals surface area contributed by atoms with Gasteiger partial charge in [0.1, 0.15) is 6.10 Å². The largest absolute Gasteiger partial charge is 0.466 e. The van der Waals surface area contributed by atoms with E-state index < -0.39 is 0 Å². The van der Waals surface area contributed by atoms with Gasteiger partial charge in [0.25, 0.3) is 0 Å². The number of ether oxygens (including phenoxy) is 2. The molecule has 5 heteroatoms. The summed E-state index contributed by atoms with van der Waals surface area (Å²) in [5.41, 5.74) is 0. The summed E-state index contributed by atoms with van der Waals surface area (Å²) in [7, 11) is 0. The number of thioether (sulfide) groups is 1. The van der Waals surface area contributed by atoms with Crippen LogP contribution in [0.15, 0.2) is 0 Å². The second kappa shape index (κ2) is 30.7. The van der Waals surface area contributed by atoms with E-state index in [4.69, 9.17) is 9.47 Å². The molecule has 4 nitrogen and oxygen atoms in total. The summed E-state index contributed by atoms with van der Waals surface area (Å²) >= 11 is 1.66. The third-order valence-corrected chi connectivity index (χ3v) is 9.50. The van der Waals surface area contributed by atoms with Crippen LogP contribution in [0.5, 0.6) is 0 Å². The van der Waals surface area contributed by atoms with Crippen LogP contribution < -0.4 is 0 Å². The molecule has 1 heterocycles. The molecular formula is C36H68O4S. The number of esters is 2. The summed E-state index contributed by atoms with van der Waals surface area (Å²) < 4.78 is 11.4. The highest BCUT2D eigenvalue weighted by atomic mass is 32.2. The number of carbonyl (C=O) groups excluding carboxylic acids is 2. The fourth-order valence-electron chi connectivity index (χ4n) is 5.81. The SMILES string of the molecule is CCCCCCCCCCCCC1CCCCCCCCCCCCCCCCCOC(=O)CCSCCC(=O)O1. The molecule has 0 radical (unpaired) electrons. The van der Waals surface area contributed by atoms with Gasteiger partial charge in [-0.05, 0) is 32.1 Å². The minimum Gasteiger partial charge on any atom is -0.466 e. The Hall–Kier alpha value is -0.710.